The van der Waals surface area contributed by atoms with Crippen LogP contribution in [0.3, 0.4) is 0 Å². The zero-order chi connectivity index (χ0) is 12.4. The number of aryl methyl sites for hydroxylation is 1. The molecule has 1 aromatic heterocycles. The standard InChI is InChI=1S/C15H22N2O/c16-15(7-3-10-18-11-8-15)13-6-1-4-12-5-2-9-17-14(12)13/h2,5,9,13H,1,3-4,6-8,10-11,16H2. The minimum atomic E-state index is -0.111. The first-order valence-corrected chi connectivity index (χ1v) is 7.10. The maximum absolute atomic E-state index is 6.73. The van der Waals surface area contributed by atoms with Gasteiger partial charge < -0.3 is 10.5 Å². The summed E-state index contributed by atoms with van der Waals surface area (Å²) in [5.41, 5.74) is 9.28. The Bertz CT molecular complexity index is 411. The molecule has 0 amide bonds. The SMILES string of the molecule is NC1(C2CCCc3cccnc32)CCCOCC1. The normalized spacial score (nSPS) is 32.6. The maximum Gasteiger partial charge on any atom is 0.0484 e. The van der Waals surface area contributed by atoms with Gasteiger partial charge in [0.05, 0.1) is 0 Å². The summed E-state index contributed by atoms with van der Waals surface area (Å²) < 4.78 is 5.57. The van der Waals surface area contributed by atoms with E-state index in [1.165, 1.54) is 24.1 Å². The second-order valence-electron chi connectivity index (χ2n) is 5.69. The molecule has 2 aliphatic rings. The van der Waals surface area contributed by atoms with Gasteiger partial charge >= 0.3 is 0 Å². The summed E-state index contributed by atoms with van der Waals surface area (Å²) in [5.74, 6) is 0.421. The van der Waals surface area contributed by atoms with Crippen LogP contribution >= 0.6 is 0 Å². The van der Waals surface area contributed by atoms with Gasteiger partial charge in [-0.15, -0.1) is 0 Å². The van der Waals surface area contributed by atoms with E-state index in [2.05, 4.69) is 11.1 Å². The molecule has 1 aliphatic carbocycles. The fourth-order valence-electron chi connectivity index (χ4n) is 3.51. The van der Waals surface area contributed by atoms with Gasteiger partial charge in [0.2, 0.25) is 0 Å². The van der Waals surface area contributed by atoms with Crippen LogP contribution < -0.4 is 5.73 Å². The van der Waals surface area contributed by atoms with Crippen molar-refractivity contribution in [2.45, 2.75) is 50.0 Å². The van der Waals surface area contributed by atoms with Crippen molar-refractivity contribution in [1.82, 2.24) is 4.98 Å². The lowest BCUT2D eigenvalue weighted by atomic mass is 9.71. The fraction of sp³-hybridized carbons (Fsp3) is 0.667. The van der Waals surface area contributed by atoms with Crippen LogP contribution in [0.4, 0.5) is 0 Å². The number of aromatic nitrogens is 1. The molecule has 0 radical (unpaired) electrons. The highest BCUT2D eigenvalue weighted by Crippen LogP contribution is 2.41. The molecule has 1 aromatic rings. The van der Waals surface area contributed by atoms with E-state index in [9.17, 15) is 0 Å². The molecular formula is C15H22N2O. The van der Waals surface area contributed by atoms with E-state index in [0.29, 0.717) is 5.92 Å². The van der Waals surface area contributed by atoms with Gasteiger partial charge in [-0.25, -0.2) is 0 Å². The molecular weight excluding hydrogens is 224 g/mol. The first kappa shape index (κ1) is 12.1. The van der Waals surface area contributed by atoms with Crippen LogP contribution in [0.2, 0.25) is 0 Å². The molecule has 3 rings (SSSR count). The van der Waals surface area contributed by atoms with Crippen LogP contribution in [0, 0.1) is 0 Å². The lowest BCUT2D eigenvalue weighted by Gasteiger charge is -2.39. The predicted octanol–water partition coefficient (Wildman–Crippen LogP) is 2.40. The molecule has 1 saturated heterocycles. The Balaban J connectivity index is 1.92. The van der Waals surface area contributed by atoms with Gasteiger partial charge in [0.15, 0.2) is 0 Å². The summed E-state index contributed by atoms with van der Waals surface area (Å²) in [6.07, 6.45) is 8.60. The zero-order valence-corrected chi connectivity index (χ0v) is 10.9. The second-order valence-corrected chi connectivity index (χ2v) is 5.69. The average Bonchev–Trinajstić information content (AvgIpc) is 2.64. The van der Waals surface area contributed by atoms with Crippen molar-refractivity contribution in [3.05, 3.63) is 29.6 Å². The van der Waals surface area contributed by atoms with Gasteiger partial charge in [-0.2, -0.15) is 0 Å². The predicted molar refractivity (Wildman–Crippen MR) is 71.5 cm³/mol. The quantitative estimate of drug-likeness (QED) is 0.827. The summed E-state index contributed by atoms with van der Waals surface area (Å²) >= 11 is 0. The van der Waals surface area contributed by atoms with E-state index in [1.54, 1.807) is 0 Å². The number of nitrogens with two attached hydrogens (primary N) is 1. The van der Waals surface area contributed by atoms with Crippen LogP contribution in [-0.4, -0.2) is 23.7 Å². The summed E-state index contributed by atoms with van der Waals surface area (Å²) in [7, 11) is 0. The molecule has 1 fully saturated rings. The lowest BCUT2D eigenvalue weighted by Crippen LogP contribution is -2.47. The third kappa shape index (κ3) is 2.17. The highest BCUT2D eigenvalue weighted by molar-refractivity contribution is 5.29. The minimum Gasteiger partial charge on any atom is -0.381 e. The van der Waals surface area contributed by atoms with Gasteiger partial charge in [0.25, 0.3) is 0 Å². The Kier molecular flexibility index (Phi) is 3.35. The number of fused-ring (bicyclic) bond motifs is 1. The van der Waals surface area contributed by atoms with E-state index < -0.39 is 0 Å². The molecule has 3 heteroatoms. The highest BCUT2D eigenvalue weighted by Gasteiger charge is 2.39. The lowest BCUT2D eigenvalue weighted by molar-refractivity contribution is 0.136. The number of pyridine rings is 1. The van der Waals surface area contributed by atoms with E-state index in [-0.39, 0.29) is 5.54 Å². The average molecular weight is 246 g/mol. The van der Waals surface area contributed by atoms with Gasteiger partial charge in [0.1, 0.15) is 0 Å². The van der Waals surface area contributed by atoms with Crippen molar-refractivity contribution in [2.24, 2.45) is 5.73 Å². The minimum absolute atomic E-state index is 0.111. The molecule has 2 unspecified atom stereocenters. The van der Waals surface area contributed by atoms with Crippen molar-refractivity contribution in [3.8, 4) is 0 Å². The first-order valence-electron chi connectivity index (χ1n) is 7.10. The molecule has 0 bridgehead atoms. The van der Waals surface area contributed by atoms with Crippen LogP contribution in [0.1, 0.15) is 49.3 Å². The van der Waals surface area contributed by atoms with Gasteiger partial charge in [0, 0.05) is 36.6 Å². The maximum atomic E-state index is 6.73. The Morgan fingerprint density at radius 3 is 3.17 bits per heavy atom. The van der Waals surface area contributed by atoms with Crippen LogP contribution in [0.5, 0.6) is 0 Å². The largest absolute Gasteiger partial charge is 0.381 e. The molecule has 18 heavy (non-hydrogen) atoms. The third-order valence-electron chi connectivity index (χ3n) is 4.53. The van der Waals surface area contributed by atoms with Crippen molar-refractivity contribution in [1.29, 1.82) is 0 Å². The monoisotopic (exact) mass is 246 g/mol. The van der Waals surface area contributed by atoms with Crippen LogP contribution in [0.15, 0.2) is 18.3 Å². The van der Waals surface area contributed by atoms with Gasteiger partial charge in [-0.3, -0.25) is 4.98 Å². The van der Waals surface area contributed by atoms with Crippen LogP contribution in [-0.2, 0) is 11.2 Å². The highest BCUT2D eigenvalue weighted by atomic mass is 16.5. The van der Waals surface area contributed by atoms with Crippen molar-refractivity contribution in [2.75, 3.05) is 13.2 Å². The topological polar surface area (TPSA) is 48.1 Å². The van der Waals surface area contributed by atoms with E-state index in [4.69, 9.17) is 10.5 Å². The van der Waals surface area contributed by atoms with Crippen molar-refractivity contribution < 1.29 is 4.74 Å². The van der Waals surface area contributed by atoms with Crippen LogP contribution in [0.25, 0.3) is 0 Å². The molecule has 0 spiro atoms. The molecule has 2 heterocycles. The number of rotatable bonds is 1. The smallest absolute Gasteiger partial charge is 0.0484 e. The van der Waals surface area contributed by atoms with Gasteiger partial charge in [-0.1, -0.05) is 6.07 Å². The first-order chi connectivity index (χ1) is 8.80. The molecule has 3 nitrogen and oxygen atoms in total. The van der Waals surface area contributed by atoms with E-state index in [0.717, 1.165) is 38.9 Å². The van der Waals surface area contributed by atoms with E-state index >= 15 is 0 Å². The molecule has 0 saturated carbocycles. The summed E-state index contributed by atoms with van der Waals surface area (Å²) in [5, 5.41) is 0. The Morgan fingerprint density at radius 1 is 1.28 bits per heavy atom. The van der Waals surface area contributed by atoms with Crippen molar-refractivity contribution in [3.63, 3.8) is 0 Å². The molecule has 0 aromatic carbocycles. The summed E-state index contributed by atoms with van der Waals surface area (Å²) in [6, 6.07) is 4.26. The van der Waals surface area contributed by atoms with Crippen molar-refractivity contribution >= 4 is 0 Å². The summed E-state index contributed by atoms with van der Waals surface area (Å²) in [6.45, 7) is 1.66. The number of ether oxygens (including phenoxy) is 1. The Hall–Kier alpha value is -0.930. The number of hydrogen-bond acceptors (Lipinski definition) is 3. The zero-order valence-electron chi connectivity index (χ0n) is 10.9. The third-order valence-corrected chi connectivity index (χ3v) is 4.53. The number of nitrogens with zero attached hydrogens (tertiary/aromatic N) is 1. The Morgan fingerprint density at radius 2 is 2.22 bits per heavy atom. The molecule has 1 aliphatic heterocycles. The second kappa shape index (κ2) is 4.98. The number of hydrogen-bond donors (Lipinski definition) is 1. The van der Waals surface area contributed by atoms with E-state index in [1.807, 2.05) is 12.3 Å². The summed E-state index contributed by atoms with van der Waals surface area (Å²) in [4.78, 5) is 4.63. The molecule has 2 atom stereocenters. The molecule has 2 N–H and O–H groups in total. The van der Waals surface area contributed by atoms with Gasteiger partial charge in [-0.05, 0) is 50.2 Å². The Labute approximate surface area is 109 Å². The molecule has 98 valence electrons. The fourth-order valence-corrected chi connectivity index (χ4v) is 3.51.